The number of hydrogen-bond donors (Lipinski definition) is 2. The highest BCUT2D eigenvalue weighted by Gasteiger charge is 2.10. The Bertz CT molecular complexity index is 644. The first-order chi connectivity index (χ1) is 9.13. The molecule has 4 heteroatoms. The van der Waals surface area contributed by atoms with Crippen LogP contribution in [0.15, 0.2) is 54.3 Å². The molecule has 0 fully saturated rings. The maximum Gasteiger partial charge on any atom is 0.0706 e. The third kappa shape index (κ3) is 2.57. The van der Waals surface area contributed by atoms with E-state index in [1.54, 1.807) is 36.7 Å². The number of nitrogens with zero attached hydrogens (tertiary/aromatic N) is 2. The zero-order chi connectivity index (χ0) is 13.8. The number of nitrogen functional groups attached to an aromatic ring is 1. The van der Waals surface area contributed by atoms with Crippen molar-refractivity contribution >= 4 is 23.8 Å². The van der Waals surface area contributed by atoms with E-state index in [1.807, 2.05) is 6.07 Å². The number of aliphatic imine (C=N–C) groups is 1. The van der Waals surface area contributed by atoms with E-state index in [0.29, 0.717) is 22.7 Å². The van der Waals surface area contributed by atoms with Crippen molar-refractivity contribution in [3.8, 4) is 0 Å². The number of pyridine rings is 1. The molecule has 0 aliphatic carbocycles. The topological polar surface area (TPSA) is 75.1 Å². The molecule has 0 aliphatic heterocycles. The van der Waals surface area contributed by atoms with Gasteiger partial charge in [0.15, 0.2) is 0 Å². The third-order valence-electron chi connectivity index (χ3n) is 2.82. The number of anilines is 1. The molecule has 0 unspecified atom stereocenters. The molecule has 1 heterocycles. The molecule has 0 bridgehead atoms. The lowest BCUT2D eigenvalue weighted by molar-refractivity contribution is 1.31. The van der Waals surface area contributed by atoms with Crippen LogP contribution in [0.1, 0.15) is 16.7 Å². The van der Waals surface area contributed by atoms with Crippen LogP contribution in [0.5, 0.6) is 0 Å². The molecule has 19 heavy (non-hydrogen) atoms. The Kier molecular flexibility index (Phi) is 3.52. The number of nitrogens with two attached hydrogens (primary N) is 1. The molecule has 0 atom stereocenters. The fraction of sp³-hybridized carbons (Fsp3) is 0. The Balaban J connectivity index is 2.47. The maximum absolute atomic E-state index is 8.22. The summed E-state index contributed by atoms with van der Waals surface area (Å²) in [4.78, 5) is 7.73. The first-order valence-electron chi connectivity index (χ1n) is 5.68. The summed E-state index contributed by atoms with van der Waals surface area (Å²) >= 11 is 0. The van der Waals surface area contributed by atoms with Gasteiger partial charge in [0.1, 0.15) is 0 Å². The molecule has 2 rings (SSSR count). The standard InChI is InChI=1S/C15H14N4/c1-10(18-2)12-3-4-14(16)13(9-12)15(17)11-5-7-19-8-6-11/h3-9,17H,1-2,16H2. The fourth-order valence-corrected chi connectivity index (χ4v) is 1.72. The van der Waals surface area contributed by atoms with Crippen LogP contribution in [0.2, 0.25) is 0 Å². The second-order valence-electron chi connectivity index (χ2n) is 4.02. The van der Waals surface area contributed by atoms with E-state index in [-0.39, 0.29) is 0 Å². The predicted molar refractivity (Wildman–Crippen MR) is 79.6 cm³/mol. The van der Waals surface area contributed by atoms with Gasteiger partial charge in [0.2, 0.25) is 0 Å². The van der Waals surface area contributed by atoms with Crippen LogP contribution in [0.25, 0.3) is 5.70 Å². The van der Waals surface area contributed by atoms with Crippen molar-refractivity contribution in [2.75, 3.05) is 5.73 Å². The lowest BCUT2D eigenvalue weighted by Crippen LogP contribution is -2.06. The Labute approximate surface area is 111 Å². The minimum Gasteiger partial charge on any atom is -0.398 e. The van der Waals surface area contributed by atoms with Crippen LogP contribution in [0.3, 0.4) is 0 Å². The van der Waals surface area contributed by atoms with Crippen molar-refractivity contribution in [3.05, 3.63) is 66.0 Å². The van der Waals surface area contributed by atoms with Gasteiger partial charge in [-0.15, -0.1) is 0 Å². The van der Waals surface area contributed by atoms with Crippen molar-refractivity contribution < 1.29 is 0 Å². The molecule has 0 saturated heterocycles. The summed E-state index contributed by atoms with van der Waals surface area (Å²) in [5.41, 5.74) is 9.60. The van der Waals surface area contributed by atoms with E-state index in [2.05, 4.69) is 23.3 Å². The van der Waals surface area contributed by atoms with Crippen LogP contribution >= 0.6 is 0 Å². The molecular weight excluding hydrogens is 236 g/mol. The number of aromatic nitrogens is 1. The highest BCUT2D eigenvalue weighted by Crippen LogP contribution is 2.22. The van der Waals surface area contributed by atoms with Crippen molar-refractivity contribution in [2.24, 2.45) is 4.99 Å². The summed E-state index contributed by atoms with van der Waals surface area (Å²) in [6.07, 6.45) is 3.29. The molecule has 1 aromatic carbocycles. The minimum atomic E-state index is 0.346. The average Bonchev–Trinajstić information content (AvgIpc) is 2.47. The monoisotopic (exact) mass is 250 g/mol. The van der Waals surface area contributed by atoms with Gasteiger partial charge in [0.05, 0.1) is 11.4 Å². The van der Waals surface area contributed by atoms with Gasteiger partial charge < -0.3 is 5.73 Å². The van der Waals surface area contributed by atoms with Gasteiger partial charge in [-0.25, -0.2) is 0 Å². The molecule has 0 saturated carbocycles. The lowest BCUT2D eigenvalue weighted by Gasteiger charge is -2.10. The molecular formula is C15H14N4. The highest BCUT2D eigenvalue weighted by atomic mass is 14.7. The number of nitrogens with one attached hydrogen (secondary N) is 1. The quantitative estimate of drug-likeness (QED) is 0.646. The van der Waals surface area contributed by atoms with Gasteiger partial charge in [-0.2, -0.15) is 0 Å². The van der Waals surface area contributed by atoms with E-state index >= 15 is 0 Å². The Morgan fingerprint density at radius 2 is 1.84 bits per heavy atom. The largest absolute Gasteiger partial charge is 0.398 e. The molecule has 1 aromatic heterocycles. The normalized spacial score (nSPS) is 9.89. The van der Waals surface area contributed by atoms with E-state index in [0.717, 1.165) is 11.1 Å². The molecule has 4 nitrogen and oxygen atoms in total. The van der Waals surface area contributed by atoms with Crippen molar-refractivity contribution in [3.63, 3.8) is 0 Å². The van der Waals surface area contributed by atoms with Crippen LogP contribution in [-0.2, 0) is 0 Å². The van der Waals surface area contributed by atoms with Gasteiger partial charge in [0.25, 0.3) is 0 Å². The minimum absolute atomic E-state index is 0.346. The van der Waals surface area contributed by atoms with Crippen molar-refractivity contribution in [1.82, 2.24) is 4.98 Å². The molecule has 94 valence electrons. The smallest absolute Gasteiger partial charge is 0.0706 e. The highest BCUT2D eigenvalue weighted by molar-refractivity contribution is 6.14. The summed E-state index contributed by atoms with van der Waals surface area (Å²) < 4.78 is 0. The van der Waals surface area contributed by atoms with Crippen LogP contribution in [-0.4, -0.2) is 17.4 Å². The van der Waals surface area contributed by atoms with E-state index in [4.69, 9.17) is 11.1 Å². The SMILES string of the molecule is C=NC(=C)c1ccc(N)c(C(=N)c2ccncc2)c1. The summed E-state index contributed by atoms with van der Waals surface area (Å²) in [6, 6.07) is 8.91. The summed E-state index contributed by atoms with van der Waals surface area (Å²) in [6.45, 7) is 7.25. The van der Waals surface area contributed by atoms with Gasteiger partial charge in [0, 0.05) is 34.8 Å². The Morgan fingerprint density at radius 3 is 2.47 bits per heavy atom. The second kappa shape index (κ2) is 5.27. The Morgan fingerprint density at radius 1 is 1.16 bits per heavy atom. The molecule has 0 radical (unpaired) electrons. The number of benzene rings is 1. The number of rotatable bonds is 4. The van der Waals surface area contributed by atoms with Crippen LogP contribution < -0.4 is 5.73 Å². The van der Waals surface area contributed by atoms with Crippen LogP contribution in [0.4, 0.5) is 5.69 Å². The van der Waals surface area contributed by atoms with Crippen molar-refractivity contribution in [1.29, 1.82) is 5.41 Å². The first-order valence-corrected chi connectivity index (χ1v) is 5.68. The van der Waals surface area contributed by atoms with E-state index < -0.39 is 0 Å². The molecule has 3 N–H and O–H groups in total. The Hall–Kier alpha value is -2.75. The van der Waals surface area contributed by atoms with Gasteiger partial charge in [-0.3, -0.25) is 15.4 Å². The zero-order valence-corrected chi connectivity index (χ0v) is 10.4. The predicted octanol–water partition coefficient (Wildman–Crippen LogP) is 2.75. The molecule has 2 aromatic rings. The average molecular weight is 250 g/mol. The van der Waals surface area contributed by atoms with Gasteiger partial charge in [-0.05, 0) is 31.0 Å². The summed E-state index contributed by atoms with van der Waals surface area (Å²) in [5.74, 6) is 0. The first kappa shape index (κ1) is 12.7. The third-order valence-corrected chi connectivity index (χ3v) is 2.82. The summed E-state index contributed by atoms with van der Waals surface area (Å²) in [7, 11) is 0. The van der Waals surface area contributed by atoms with Crippen LogP contribution in [0, 0.1) is 5.41 Å². The van der Waals surface area contributed by atoms with Gasteiger partial charge >= 0.3 is 0 Å². The molecule has 0 spiro atoms. The summed E-state index contributed by atoms with van der Waals surface area (Å²) in [5, 5.41) is 8.22. The van der Waals surface area contributed by atoms with E-state index in [1.165, 1.54) is 0 Å². The zero-order valence-electron chi connectivity index (χ0n) is 10.4. The van der Waals surface area contributed by atoms with Crippen molar-refractivity contribution in [2.45, 2.75) is 0 Å². The molecule has 0 amide bonds. The maximum atomic E-state index is 8.22. The fourth-order valence-electron chi connectivity index (χ4n) is 1.72. The number of hydrogen-bond acceptors (Lipinski definition) is 4. The van der Waals surface area contributed by atoms with E-state index in [9.17, 15) is 0 Å². The molecule has 0 aliphatic rings. The second-order valence-corrected chi connectivity index (χ2v) is 4.02. The van der Waals surface area contributed by atoms with Gasteiger partial charge in [-0.1, -0.05) is 12.6 Å². The lowest BCUT2D eigenvalue weighted by atomic mass is 9.99.